The molecule has 5 rings (SSSR count). The van der Waals surface area contributed by atoms with E-state index in [2.05, 4.69) is 41.4 Å². The first-order valence-electron chi connectivity index (χ1n) is 16.2. The summed E-state index contributed by atoms with van der Waals surface area (Å²) >= 11 is 0. The average Bonchev–Trinajstić information content (AvgIpc) is 3.70. The van der Waals surface area contributed by atoms with Crippen LogP contribution in [-0.2, 0) is 0 Å². The van der Waals surface area contributed by atoms with Crippen molar-refractivity contribution in [3.63, 3.8) is 0 Å². The fourth-order valence-corrected chi connectivity index (χ4v) is 6.78. The number of carbonyl (C=O) groups excluding carboxylic acids is 3. The van der Waals surface area contributed by atoms with Crippen molar-refractivity contribution in [2.24, 2.45) is 0 Å². The van der Waals surface area contributed by atoms with Crippen molar-refractivity contribution in [1.82, 2.24) is 29.8 Å². The number of likely N-dealkylation sites (tertiary alicyclic amines) is 3. The van der Waals surface area contributed by atoms with E-state index in [9.17, 15) is 14.4 Å². The van der Waals surface area contributed by atoms with Crippen LogP contribution in [0.25, 0.3) is 11.1 Å². The molecule has 2 unspecified atom stereocenters. The molecule has 0 aromatic heterocycles. The number of rotatable bonds is 5. The van der Waals surface area contributed by atoms with Crippen molar-refractivity contribution in [3.05, 3.63) is 59.7 Å². The molecule has 238 valence electrons. The number of nitrogens with one attached hydrogen (secondary N) is 1. The summed E-state index contributed by atoms with van der Waals surface area (Å²) < 4.78 is 0. The number of carbonyl (C=O) groups is 3. The van der Waals surface area contributed by atoms with Gasteiger partial charge in [0.25, 0.3) is 5.91 Å². The standard InChI is InChI=1S/C35H50N6O3/c1-25-7-9-26(10-8-25)27-11-13-28(14-12-27)32(42)37(5)30-18-22-41(24-30)34(44)38(6)31-17-21-40(23-31)29-15-19-39(20-16-29)33(43)36-35(2,3)4/h7-14,29-31H,15-24H2,1-6H3,(H,36,43). The average molecular weight is 603 g/mol. The summed E-state index contributed by atoms with van der Waals surface area (Å²) in [5, 5.41) is 3.07. The molecule has 2 aromatic carbocycles. The molecule has 9 heteroatoms. The van der Waals surface area contributed by atoms with Gasteiger partial charge in [-0.3, -0.25) is 9.69 Å². The van der Waals surface area contributed by atoms with Crippen molar-refractivity contribution >= 4 is 18.0 Å². The molecule has 2 atom stereocenters. The number of hydrogen-bond donors (Lipinski definition) is 1. The lowest BCUT2D eigenvalue weighted by Crippen LogP contribution is -2.53. The Morgan fingerprint density at radius 1 is 0.727 bits per heavy atom. The molecule has 5 amide bonds. The summed E-state index contributed by atoms with van der Waals surface area (Å²) in [6, 6.07) is 16.9. The molecule has 3 aliphatic heterocycles. The zero-order valence-electron chi connectivity index (χ0n) is 27.4. The van der Waals surface area contributed by atoms with Crippen molar-refractivity contribution in [2.75, 3.05) is 53.4 Å². The van der Waals surface area contributed by atoms with E-state index in [4.69, 9.17) is 0 Å². The maximum Gasteiger partial charge on any atom is 0.320 e. The minimum Gasteiger partial charge on any atom is -0.337 e. The zero-order chi connectivity index (χ0) is 31.6. The van der Waals surface area contributed by atoms with E-state index in [-0.39, 0.29) is 35.6 Å². The largest absolute Gasteiger partial charge is 0.337 e. The van der Waals surface area contributed by atoms with Crippen molar-refractivity contribution < 1.29 is 14.4 Å². The normalized spacial score (nSPS) is 21.4. The van der Waals surface area contributed by atoms with Crippen LogP contribution < -0.4 is 5.32 Å². The lowest BCUT2D eigenvalue weighted by molar-refractivity contribution is 0.0734. The Balaban J connectivity index is 1.08. The molecular weight excluding hydrogens is 552 g/mol. The van der Waals surface area contributed by atoms with Gasteiger partial charge in [-0.1, -0.05) is 42.0 Å². The Morgan fingerprint density at radius 2 is 1.27 bits per heavy atom. The van der Waals surface area contributed by atoms with Gasteiger partial charge in [0.2, 0.25) is 0 Å². The Morgan fingerprint density at radius 3 is 1.89 bits per heavy atom. The van der Waals surface area contributed by atoms with Crippen molar-refractivity contribution in [2.45, 2.75) is 77.0 Å². The molecule has 3 saturated heterocycles. The topological polar surface area (TPSA) is 79.4 Å². The molecule has 0 aliphatic carbocycles. The van der Waals surface area contributed by atoms with Crippen LogP contribution >= 0.6 is 0 Å². The number of nitrogens with zero attached hydrogens (tertiary/aromatic N) is 5. The van der Waals surface area contributed by atoms with E-state index in [0.717, 1.165) is 63.0 Å². The Bertz CT molecular complexity index is 1310. The number of aryl methyl sites for hydroxylation is 1. The molecular formula is C35H50N6O3. The number of likely N-dealkylation sites (N-methyl/N-ethyl adjacent to an activating group) is 2. The van der Waals surface area contributed by atoms with Gasteiger partial charge < -0.3 is 24.9 Å². The maximum absolute atomic E-state index is 13.5. The molecule has 0 spiro atoms. The number of amides is 5. The third-order valence-corrected chi connectivity index (χ3v) is 9.61. The van der Waals surface area contributed by atoms with Crippen LogP contribution in [-0.4, -0.2) is 119 Å². The third kappa shape index (κ3) is 7.37. The molecule has 3 aliphatic rings. The van der Waals surface area contributed by atoms with Gasteiger partial charge in [0.1, 0.15) is 0 Å². The molecule has 3 heterocycles. The predicted octanol–water partition coefficient (Wildman–Crippen LogP) is 4.91. The van der Waals surface area contributed by atoms with Crippen LogP contribution in [0.5, 0.6) is 0 Å². The van der Waals surface area contributed by atoms with Gasteiger partial charge in [-0.2, -0.15) is 0 Å². The highest BCUT2D eigenvalue weighted by atomic mass is 16.2. The van der Waals surface area contributed by atoms with Gasteiger partial charge >= 0.3 is 12.1 Å². The molecule has 1 N–H and O–H groups in total. The van der Waals surface area contributed by atoms with E-state index in [1.54, 1.807) is 4.90 Å². The zero-order valence-corrected chi connectivity index (χ0v) is 27.4. The second kappa shape index (κ2) is 13.2. The minimum atomic E-state index is -0.234. The quantitative estimate of drug-likeness (QED) is 0.528. The van der Waals surface area contributed by atoms with E-state index in [1.165, 1.54) is 5.56 Å². The van der Waals surface area contributed by atoms with Crippen LogP contribution in [0, 0.1) is 6.92 Å². The number of benzene rings is 2. The van der Waals surface area contributed by atoms with Gasteiger partial charge in [-0.25, -0.2) is 9.59 Å². The monoisotopic (exact) mass is 602 g/mol. The predicted molar refractivity (Wildman–Crippen MR) is 175 cm³/mol. The van der Waals surface area contributed by atoms with Crippen molar-refractivity contribution in [3.8, 4) is 11.1 Å². The number of urea groups is 2. The maximum atomic E-state index is 13.5. The first-order chi connectivity index (χ1) is 20.9. The lowest BCUT2D eigenvalue weighted by Gasteiger charge is -2.38. The van der Waals surface area contributed by atoms with Crippen molar-refractivity contribution in [1.29, 1.82) is 0 Å². The molecule has 0 bridgehead atoms. The summed E-state index contributed by atoms with van der Waals surface area (Å²) in [7, 11) is 3.78. The lowest BCUT2D eigenvalue weighted by atomic mass is 10.0. The minimum absolute atomic E-state index is 0.00244. The molecule has 0 radical (unpaired) electrons. The summed E-state index contributed by atoms with van der Waals surface area (Å²) in [6.07, 6.45) is 3.66. The summed E-state index contributed by atoms with van der Waals surface area (Å²) in [5.74, 6) is -0.0125. The fraction of sp³-hybridized carbons (Fsp3) is 0.571. The smallest absolute Gasteiger partial charge is 0.320 e. The van der Waals surface area contributed by atoms with Crippen LogP contribution in [0.1, 0.15) is 62.4 Å². The van der Waals surface area contributed by atoms with Crippen LogP contribution in [0.15, 0.2) is 48.5 Å². The highest BCUT2D eigenvalue weighted by molar-refractivity contribution is 5.95. The first kappa shape index (κ1) is 31.8. The van der Waals surface area contributed by atoms with Gasteiger partial charge in [0, 0.05) is 76.5 Å². The summed E-state index contributed by atoms with van der Waals surface area (Å²) in [5.41, 5.74) is 3.87. The molecule has 3 fully saturated rings. The number of piperidine rings is 1. The van der Waals surface area contributed by atoms with Crippen LogP contribution in [0.2, 0.25) is 0 Å². The molecule has 0 saturated carbocycles. The summed E-state index contributed by atoms with van der Waals surface area (Å²) in [6.45, 7) is 12.7. The highest BCUT2D eigenvalue weighted by Crippen LogP contribution is 2.26. The fourth-order valence-electron chi connectivity index (χ4n) is 6.78. The first-order valence-corrected chi connectivity index (χ1v) is 16.2. The number of hydrogen-bond acceptors (Lipinski definition) is 4. The van der Waals surface area contributed by atoms with E-state index >= 15 is 0 Å². The third-order valence-electron chi connectivity index (χ3n) is 9.61. The van der Waals surface area contributed by atoms with Crippen LogP contribution in [0.4, 0.5) is 9.59 Å². The van der Waals surface area contributed by atoms with Gasteiger partial charge in [0.15, 0.2) is 0 Å². The van der Waals surface area contributed by atoms with E-state index < -0.39 is 0 Å². The summed E-state index contributed by atoms with van der Waals surface area (Å²) in [4.78, 5) is 49.5. The molecule has 9 nitrogen and oxygen atoms in total. The van der Waals surface area contributed by atoms with Crippen LogP contribution in [0.3, 0.4) is 0 Å². The molecule has 44 heavy (non-hydrogen) atoms. The van der Waals surface area contributed by atoms with E-state index in [1.807, 2.05) is 73.8 Å². The van der Waals surface area contributed by atoms with Gasteiger partial charge in [-0.15, -0.1) is 0 Å². The second-order valence-electron chi connectivity index (χ2n) is 14.0. The Labute approximate surface area is 263 Å². The van der Waals surface area contributed by atoms with Gasteiger partial charge in [-0.05, 0) is 76.6 Å². The highest BCUT2D eigenvalue weighted by Gasteiger charge is 2.38. The molecule has 2 aromatic rings. The second-order valence-corrected chi connectivity index (χ2v) is 14.0. The SMILES string of the molecule is Cc1ccc(-c2ccc(C(=O)N(C)C3CCN(C(=O)N(C)C4CCN(C5CCN(C(=O)NC(C)(C)C)CC5)C4)C3)cc2)cc1. The Hall–Kier alpha value is -3.59. The Kier molecular flexibility index (Phi) is 9.53. The van der Waals surface area contributed by atoms with E-state index in [0.29, 0.717) is 24.7 Å². The van der Waals surface area contributed by atoms with Gasteiger partial charge in [0.05, 0.1) is 6.04 Å².